The van der Waals surface area contributed by atoms with Gasteiger partial charge in [0.15, 0.2) is 5.60 Å². The molecule has 0 bridgehead atoms. The van der Waals surface area contributed by atoms with Gasteiger partial charge in [-0.1, -0.05) is 224 Å². The van der Waals surface area contributed by atoms with Gasteiger partial charge in [-0.15, -0.1) is 0 Å². The first kappa shape index (κ1) is 49.5. The summed E-state index contributed by atoms with van der Waals surface area (Å²) >= 11 is 0. The predicted molar refractivity (Wildman–Crippen MR) is 300 cm³/mol. The van der Waals surface area contributed by atoms with Crippen LogP contribution in [0.2, 0.25) is 0 Å². The van der Waals surface area contributed by atoms with Gasteiger partial charge in [0.25, 0.3) is 5.91 Å². The first-order valence-electron chi connectivity index (χ1n) is 25.5. The van der Waals surface area contributed by atoms with E-state index in [1.165, 1.54) is 6.07 Å². The van der Waals surface area contributed by atoms with Gasteiger partial charge in [-0.2, -0.15) is 0 Å². The number of carbonyl (C=O) groups excluding carboxylic acids is 2. The number of benzene rings is 10. The zero-order valence-electron chi connectivity index (χ0n) is 41.9. The minimum Gasteiger partial charge on any atom is -0.507 e. The third-order valence-corrected chi connectivity index (χ3v) is 14.2. The van der Waals surface area contributed by atoms with Crippen molar-refractivity contribution in [3.05, 3.63) is 323 Å². The van der Waals surface area contributed by atoms with Crippen LogP contribution in [0, 0.1) is 0 Å². The number of aromatic hydroxyl groups is 2. The number of para-hydroxylation sites is 2. The number of phenols is 2. The standard InChI is InChI=1S/C34H27NO4.C34H27NO3/c36-31-22-27(39-23-24-12-4-1-5-13-24)20-21-29(31)34(38)28-18-10-11-19-30(28)35(33(34)37)32(25-14-6-2-7-15-25)26-16-8-3-9-17-26;36-31-22-27(38-23-24-12-4-1-5-13-24)20-21-29(31)32-28-18-10-11-19-30(28)35(34(32)37)33(25-14-6-2-7-15-25)26-16-8-3-9-17-26/h1-22,32,36,38H,23H2;1-22,32-33,36H,23H2. The summed E-state index contributed by atoms with van der Waals surface area (Å²) in [7, 11) is 0. The van der Waals surface area contributed by atoms with Crippen molar-refractivity contribution >= 4 is 23.2 Å². The molecule has 9 heteroatoms. The van der Waals surface area contributed by atoms with E-state index in [0.717, 1.165) is 44.6 Å². The number of nitrogens with zero attached hydrogens (tertiary/aromatic N) is 2. The molecular weight excluding hydrogens is 957 g/mol. The molecule has 0 fully saturated rings. The lowest BCUT2D eigenvalue weighted by Gasteiger charge is -2.31. The average molecular weight is 1010 g/mol. The second-order valence-corrected chi connectivity index (χ2v) is 19.0. The minimum atomic E-state index is -2.08. The molecule has 0 spiro atoms. The molecule has 0 radical (unpaired) electrons. The van der Waals surface area contributed by atoms with Gasteiger partial charge >= 0.3 is 0 Å². The van der Waals surface area contributed by atoms with Gasteiger partial charge in [-0.25, -0.2) is 0 Å². The number of carbonyl (C=O) groups is 2. The highest BCUT2D eigenvalue weighted by Crippen LogP contribution is 2.52. The molecule has 2 unspecified atom stereocenters. The SMILES string of the molecule is O=C1C(c2ccc(OCc3ccccc3)cc2O)c2ccccc2N1C(c1ccccc1)c1ccccc1.O=C1N(C(c2ccccc2)c2ccccc2)c2ccccc2C1(O)c1ccc(OCc2ccccc2)cc1O. The zero-order valence-corrected chi connectivity index (χ0v) is 41.9. The van der Waals surface area contributed by atoms with Crippen LogP contribution < -0.4 is 19.3 Å². The number of amides is 2. The van der Waals surface area contributed by atoms with E-state index >= 15 is 0 Å². The molecule has 12 rings (SSSR count). The Morgan fingerprint density at radius 2 is 0.805 bits per heavy atom. The minimum absolute atomic E-state index is 0.0431. The van der Waals surface area contributed by atoms with E-state index < -0.39 is 23.5 Å². The summed E-state index contributed by atoms with van der Waals surface area (Å²) in [5.41, 5.74) is 7.22. The van der Waals surface area contributed by atoms with Crippen molar-refractivity contribution < 1.29 is 34.4 Å². The van der Waals surface area contributed by atoms with Crippen molar-refractivity contribution in [3.63, 3.8) is 0 Å². The van der Waals surface area contributed by atoms with E-state index in [1.54, 1.807) is 41.3 Å². The zero-order chi connectivity index (χ0) is 52.7. The highest BCUT2D eigenvalue weighted by molar-refractivity contribution is 6.10. The molecule has 0 aromatic heterocycles. The van der Waals surface area contributed by atoms with Gasteiger partial charge in [-0.05, 0) is 69.3 Å². The molecule has 9 nitrogen and oxygen atoms in total. The molecule has 0 saturated heterocycles. The third kappa shape index (κ3) is 9.91. The van der Waals surface area contributed by atoms with E-state index in [9.17, 15) is 24.9 Å². The lowest BCUT2D eigenvalue weighted by molar-refractivity contribution is -0.132. The van der Waals surface area contributed by atoms with Crippen molar-refractivity contribution in [3.8, 4) is 23.0 Å². The molecule has 2 amide bonds. The summed E-state index contributed by atoms with van der Waals surface area (Å²) in [6.07, 6.45) is 0. The van der Waals surface area contributed by atoms with Gasteiger partial charge < -0.3 is 24.8 Å². The maximum Gasteiger partial charge on any atom is 0.269 e. The van der Waals surface area contributed by atoms with E-state index in [0.29, 0.717) is 41.5 Å². The van der Waals surface area contributed by atoms with Crippen LogP contribution in [0.5, 0.6) is 23.0 Å². The Labute approximate surface area is 447 Å². The quantitative estimate of drug-likeness (QED) is 0.0992. The lowest BCUT2D eigenvalue weighted by Crippen LogP contribution is -2.43. The second-order valence-electron chi connectivity index (χ2n) is 19.0. The number of aliphatic hydroxyl groups is 1. The number of ether oxygens (including phenoxy) is 2. The molecule has 10 aromatic carbocycles. The Bertz CT molecular complexity index is 3560. The fourth-order valence-electron chi connectivity index (χ4n) is 10.6. The van der Waals surface area contributed by atoms with E-state index in [1.807, 2.05) is 205 Å². The van der Waals surface area contributed by atoms with Crippen LogP contribution >= 0.6 is 0 Å². The molecule has 2 atom stereocenters. The van der Waals surface area contributed by atoms with Crippen molar-refractivity contribution in [2.45, 2.75) is 36.8 Å². The topological polar surface area (TPSA) is 120 Å². The van der Waals surface area contributed by atoms with Gasteiger partial charge in [0.2, 0.25) is 5.91 Å². The van der Waals surface area contributed by atoms with Crippen molar-refractivity contribution in [2.24, 2.45) is 0 Å². The first-order chi connectivity index (χ1) is 37.8. The summed E-state index contributed by atoms with van der Waals surface area (Å²) in [5.74, 6) is -0.412. The van der Waals surface area contributed by atoms with Crippen LogP contribution in [0.4, 0.5) is 11.4 Å². The average Bonchev–Trinajstić information content (AvgIpc) is 3.89. The molecular formula is C68H54N2O7. The van der Waals surface area contributed by atoms with Crippen molar-refractivity contribution in [1.82, 2.24) is 0 Å². The summed E-state index contributed by atoms with van der Waals surface area (Å²) in [6, 6.07) is 83.4. The van der Waals surface area contributed by atoms with Crippen molar-refractivity contribution in [2.75, 3.05) is 9.80 Å². The molecule has 10 aromatic rings. The largest absolute Gasteiger partial charge is 0.507 e. The second kappa shape index (κ2) is 22.0. The Morgan fingerprint density at radius 1 is 0.403 bits per heavy atom. The fourth-order valence-corrected chi connectivity index (χ4v) is 10.6. The van der Waals surface area contributed by atoms with Gasteiger partial charge in [0.1, 0.15) is 36.2 Å². The molecule has 2 aliphatic heterocycles. The predicted octanol–water partition coefficient (Wildman–Crippen LogP) is 13.6. The lowest BCUT2D eigenvalue weighted by atomic mass is 9.86. The number of hydrogen-bond donors (Lipinski definition) is 3. The van der Waals surface area contributed by atoms with Crippen LogP contribution in [0.3, 0.4) is 0 Å². The summed E-state index contributed by atoms with van der Waals surface area (Å²) < 4.78 is 11.8. The van der Waals surface area contributed by atoms with Gasteiger partial charge in [0, 0.05) is 34.5 Å². The van der Waals surface area contributed by atoms with Crippen LogP contribution in [0.15, 0.2) is 267 Å². The van der Waals surface area contributed by atoms with E-state index in [4.69, 9.17) is 9.47 Å². The smallest absolute Gasteiger partial charge is 0.269 e. The van der Waals surface area contributed by atoms with Gasteiger partial charge in [-0.3, -0.25) is 19.4 Å². The van der Waals surface area contributed by atoms with Crippen LogP contribution in [0.1, 0.15) is 73.6 Å². The Morgan fingerprint density at radius 3 is 1.29 bits per heavy atom. The monoisotopic (exact) mass is 1010 g/mol. The highest BCUT2D eigenvalue weighted by atomic mass is 16.5. The number of hydrogen-bond acceptors (Lipinski definition) is 7. The Balaban J connectivity index is 0.000000164. The maximum atomic E-state index is 14.4. The third-order valence-electron chi connectivity index (χ3n) is 14.2. The molecule has 77 heavy (non-hydrogen) atoms. The Kier molecular flexibility index (Phi) is 14.2. The molecule has 378 valence electrons. The molecule has 3 N–H and O–H groups in total. The van der Waals surface area contributed by atoms with Crippen LogP contribution in [0.25, 0.3) is 0 Å². The number of fused-ring (bicyclic) bond motifs is 2. The number of anilines is 2. The first-order valence-corrected chi connectivity index (χ1v) is 25.5. The Hall–Kier alpha value is -9.70. The molecule has 2 heterocycles. The summed E-state index contributed by atoms with van der Waals surface area (Å²) in [5, 5.41) is 34.4. The summed E-state index contributed by atoms with van der Waals surface area (Å²) in [4.78, 5) is 32.2. The highest BCUT2D eigenvalue weighted by Gasteiger charge is 2.54. The normalized spacial score (nSPS) is 15.4. The molecule has 0 aliphatic carbocycles. The van der Waals surface area contributed by atoms with Crippen molar-refractivity contribution in [1.29, 1.82) is 0 Å². The summed E-state index contributed by atoms with van der Waals surface area (Å²) in [6.45, 7) is 0.726. The van der Waals surface area contributed by atoms with E-state index in [-0.39, 0.29) is 29.0 Å². The number of rotatable bonds is 14. The fraction of sp³-hybridized carbons (Fsp3) is 0.0882. The maximum absolute atomic E-state index is 14.4. The van der Waals surface area contributed by atoms with Crippen LogP contribution in [-0.4, -0.2) is 27.1 Å². The number of phenolic OH excluding ortho intramolecular Hbond substituents is 2. The van der Waals surface area contributed by atoms with Crippen LogP contribution in [-0.2, 0) is 28.4 Å². The molecule has 2 aliphatic rings. The van der Waals surface area contributed by atoms with Gasteiger partial charge in [0.05, 0.1) is 23.7 Å². The molecule has 0 saturated carbocycles. The van der Waals surface area contributed by atoms with E-state index in [2.05, 4.69) is 24.3 Å².